The maximum atomic E-state index is 13.4. The maximum absolute atomic E-state index is 13.4. The van der Waals surface area contributed by atoms with Crippen LogP contribution in [0.25, 0.3) is 0 Å². The third-order valence-corrected chi connectivity index (χ3v) is 2.65. The number of nitrogens with one attached hydrogen (secondary N) is 1. The molecule has 0 aromatic heterocycles. The van der Waals surface area contributed by atoms with Crippen molar-refractivity contribution in [1.29, 1.82) is 0 Å². The molecular formula is C14H13FN2O2. The second-order valence-corrected chi connectivity index (χ2v) is 3.86. The molecule has 0 aliphatic rings. The van der Waals surface area contributed by atoms with Gasteiger partial charge in [-0.2, -0.15) is 0 Å². The summed E-state index contributed by atoms with van der Waals surface area (Å²) in [5, 5.41) is 2.93. The second kappa shape index (κ2) is 5.39. The van der Waals surface area contributed by atoms with Gasteiger partial charge in [0.25, 0.3) is 0 Å². The molecular weight excluding hydrogens is 247 g/mol. The summed E-state index contributed by atoms with van der Waals surface area (Å²) in [4.78, 5) is 11.6. The second-order valence-electron chi connectivity index (χ2n) is 3.86. The van der Waals surface area contributed by atoms with Gasteiger partial charge >= 0.3 is 5.97 Å². The van der Waals surface area contributed by atoms with Gasteiger partial charge in [-0.25, -0.2) is 9.18 Å². The average Bonchev–Trinajstić information content (AvgIpc) is 2.43. The van der Waals surface area contributed by atoms with Crippen molar-refractivity contribution in [3.63, 3.8) is 0 Å². The number of hydrogen-bond acceptors (Lipinski definition) is 4. The van der Waals surface area contributed by atoms with E-state index in [4.69, 9.17) is 5.73 Å². The third-order valence-electron chi connectivity index (χ3n) is 2.65. The average molecular weight is 260 g/mol. The van der Waals surface area contributed by atoms with E-state index >= 15 is 0 Å². The molecule has 98 valence electrons. The molecule has 3 N–H and O–H groups in total. The minimum atomic E-state index is -0.513. The number of halogens is 1. The number of nitrogens with two attached hydrogens (primary N) is 1. The lowest BCUT2D eigenvalue weighted by Crippen LogP contribution is -2.06. The molecule has 0 saturated heterocycles. The Labute approximate surface area is 110 Å². The topological polar surface area (TPSA) is 64.3 Å². The number of para-hydroxylation sites is 2. The summed E-state index contributed by atoms with van der Waals surface area (Å²) in [6, 6.07) is 11.2. The first-order valence-electron chi connectivity index (χ1n) is 5.62. The van der Waals surface area contributed by atoms with Crippen molar-refractivity contribution in [2.45, 2.75) is 0 Å². The van der Waals surface area contributed by atoms with Crippen molar-refractivity contribution in [3.05, 3.63) is 53.8 Å². The van der Waals surface area contributed by atoms with E-state index in [0.29, 0.717) is 16.9 Å². The summed E-state index contributed by atoms with van der Waals surface area (Å²) in [6.07, 6.45) is 0. The predicted molar refractivity (Wildman–Crippen MR) is 71.9 cm³/mol. The molecule has 0 saturated carbocycles. The molecule has 0 aliphatic carbocycles. The van der Waals surface area contributed by atoms with Crippen LogP contribution in [0.2, 0.25) is 0 Å². The van der Waals surface area contributed by atoms with Crippen LogP contribution in [-0.2, 0) is 4.74 Å². The molecule has 2 aromatic carbocycles. The number of hydrogen-bond donors (Lipinski definition) is 2. The van der Waals surface area contributed by atoms with Crippen molar-refractivity contribution in [2.75, 3.05) is 18.2 Å². The molecule has 0 fully saturated rings. The monoisotopic (exact) mass is 260 g/mol. The van der Waals surface area contributed by atoms with Gasteiger partial charge in [0.2, 0.25) is 0 Å². The van der Waals surface area contributed by atoms with E-state index in [1.54, 1.807) is 30.3 Å². The van der Waals surface area contributed by atoms with Crippen molar-refractivity contribution in [2.24, 2.45) is 0 Å². The fourth-order valence-corrected chi connectivity index (χ4v) is 1.67. The van der Waals surface area contributed by atoms with Gasteiger partial charge in [0.1, 0.15) is 5.82 Å². The van der Waals surface area contributed by atoms with E-state index in [1.165, 1.54) is 19.2 Å². The quantitative estimate of drug-likeness (QED) is 0.658. The molecule has 2 rings (SSSR count). The van der Waals surface area contributed by atoms with Crippen LogP contribution in [0, 0.1) is 5.82 Å². The summed E-state index contributed by atoms with van der Waals surface area (Å²) < 4.78 is 18.0. The lowest BCUT2D eigenvalue weighted by molar-refractivity contribution is 0.0602. The Hall–Kier alpha value is -2.56. The van der Waals surface area contributed by atoms with E-state index in [2.05, 4.69) is 10.1 Å². The summed E-state index contributed by atoms with van der Waals surface area (Å²) in [5.41, 5.74) is 6.90. The lowest BCUT2D eigenvalue weighted by atomic mass is 10.1. The van der Waals surface area contributed by atoms with Crippen LogP contribution in [-0.4, -0.2) is 13.1 Å². The zero-order chi connectivity index (χ0) is 13.8. The Balaban J connectivity index is 2.39. The highest BCUT2D eigenvalue weighted by Crippen LogP contribution is 2.27. The van der Waals surface area contributed by atoms with Gasteiger partial charge in [-0.1, -0.05) is 18.2 Å². The smallest absolute Gasteiger partial charge is 0.339 e. The van der Waals surface area contributed by atoms with Crippen molar-refractivity contribution >= 4 is 23.0 Å². The summed E-state index contributed by atoms with van der Waals surface area (Å²) in [6.45, 7) is 0. The standard InChI is InChI=1S/C14H13FN2O2/c1-19-14(18)9-5-2-3-7-11(9)17-12-8-4-6-10(15)13(12)16/h2-8,17H,16H2,1H3. The predicted octanol–water partition coefficient (Wildman–Crippen LogP) is 2.94. The van der Waals surface area contributed by atoms with Gasteiger partial charge in [-0.15, -0.1) is 0 Å². The number of rotatable bonds is 3. The highest BCUT2D eigenvalue weighted by Gasteiger charge is 2.12. The molecule has 0 atom stereocenters. The first-order chi connectivity index (χ1) is 9.13. The van der Waals surface area contributed by atoms with Gasteiger partial charge in [-0.05, 0) is 24.3 Å². The molecule has 0 spiro atoms. The van der Waals surface area contributed by atoms with Crippen LogP contribution in [0.4, 0.5) is 21.5 Å². The van der Waals surface area contributed by atoms with Crippen molar-refractivity contribution < 1.29 is 13.9 Å². The fraction of sp³-hybridized carbons (Fsp3) is 0.0714. The number of carbonyl (C=O) groups is 1. The number of esters is 1. The van der Waals surface area contributed by atoms with Gasteiger partial charge in [0.15, 0.2) is 0 Å². The van der Waals surface area contributed by atoms with Gasteiger partial charge in [0.05, 0.1) is 29.7 Å². The fourth-order valence-electron chi connectivity index (χ4n) is 1.67. The largest absolute Gasteiger partial charge is 0.465 e. The van der Waals surface area contributed by atoms with Crippen LogP contribution in [0.3, 0.4) is 0 Å². The number of ether oxygens (including phenoxy) is 1. The highest BCUT2D eigenvalue weighted by atomic mass is 19.1. The summed E-state index contributed by atoms with van der Waals surface area (Å²) in [7, 11) is 1.30. The normalized spacial score (nSPS) is 10.0. The Kier molecular flexibility index (Phi) is 3.66. The van der Waals surface area contributed by atoms with Crippen LogP contribution in [0.5, 0.6) is 0 Å². The third kappa shape index (κ3) is 2.65. The molecule has 2 aromatic rings. The van der Waals surface area contributed by atoms with Crippen LogP contribution in [0.1, 0.15) is 10.4 Å². The molecule has 0 unspecified atom stereocenters. The first kappa shape index (κ1) is 12.9. The molecule has 0 bridgehead atoms. The van der Waals surface area contributed by atoms with Crippen LogP contribution >= 0.6 is 0 Å². The van der Waals surface area contributed by atoms with Crippen molar-refractivity contribution in [3.8, 4) is 0 Å². The molecule has 0 aliphatic heterocycles. The highest BCUT2D eigenvalue weighted by molar-refractivity contribution is 5.96. The molecule has 0 heterocycles. The Bertz CT molecular complexity index is 614. The van der Waals surface area contributed by atoms with E-state index in [1.807, 2.05) is 0 Å². The molecule has 19 heavy (non-hydrogen) atoms. The van der Waals surface area contributed by atoms with Crippen LogP contribution < -0.4 is 11.1 Å². The van der Waals surface area contributed by atoms with E-state index in [-0.39, 0.29) is 5.69 Å². The number of carbonyl (C=O) groups excluding carboxylic acids is 1. The lowest BCUT2D eigenvalue weighted by Gasteiger charge is -2.12. The number of nitrogen functional groups attached to an aromatic ring is 1. The van der Waals surface area contributed by atoms with E-state index in [0.717, 1.165) is 0 Å². The Morgan fingerprint density at radius 3 is 2.58 bits per heavy atom. The number of benzene rings is 2. The van der Waals surface area contributed by atoms with Crippen LogP contribution in [0.15, 0.2) is 42.5 Å². The zero-order valence-electron chi connectivity index (χ0n) is 10.3. The minimum absolute atomic E-state index is 0.00201. The van der Waals surface area contributed by atoms with E-state index in [9.17, 15) is 9.18 Å². The SMILES string of the molecule is COC(=O)c1ccccc1Nc1cccc(F)c1N. The van der Waals surface area contributed by atoms with Gasteiger partial charge in [-0.3, -0.25) is 0 Å². The van der Waals surface area contributed by atoms with Crippen molar-refractivity contribution in [1.82, 2.24) is 0 Å². The molecule has 5 heteroatoms. The van der Waals surface area contributed by atoms with Gasteiger partial charge in [0, 0.05) is 0 Å². The molecule has 0 radical (unpaired) electrons. The Morgan fingerprint density at radius 2 is 1.84 bits per heavy atom. The first-order valence-corrected chi connectivity index (χ1v) is 5.62. The van der Waals surface area contributed by atoms with E-state index < -0.39 is 11.8 Å². The molecule has 0 amide bonds. The zero-order valence-corrected chi connectivity index (χ0v) is 10.3. The summed E-state index contributed by atoms with van der Waals surface area (Å²) >= 11 is 0. The molecule has 4 nitrogen and oxygen atoms in total. The Morgan fingerprint density at radius 1 is 1.16 bits per heavy atom. The number of anilines is 3. The van der Waals surface area contributed by atoms with Gasteiger partial charge < -0.3 is 15.8 Å². The minimum Gasteiger partial charge on any atom is -0.465 e. The summed E-state index contributed by atoms with van der Waals surface area (Å²) in [5.74, 6) is -0.987. The number of methoxy groups -OCH3 is 1. The maximum Gasteiger partial charge on any atom is 0.339 e.